The minimum absolute atomic E-state index is 0.188. The van der Waals surface area contributed by atoms with Crippen molar-refractivity contribution >= 4 is 34.0 Å². The van der Waals surface area contributed by atoms with Crippen LogP contribution in [0.25, 0.3) is 0 Å². The third kappa shape index (κ3) is 4.23. The number of nitrogens with zero attached hydrogens (tertiary/aromatic N) is 2. The zero-order valence-electron chi connectivity index (χ0n) is 15.2. The maximum absolute atomic E-state index is 12.4. The van der Waals surface area contributed by atoms with Gasteiger partial charge >= 0.3 is 0 Å². The Bertz CT molecular complexity index is 944. The number of pyridine rings is 1. The normalized spacial score (nSPS) is 13.5. The molecule has 1 saturated heterocycles. The molecule has 0 radical (unpaired) electrons. The molecule has 144 valence electrons. The van der Waals surface area contributed by atoms with Gasteiger partial charge < -0.3 is 20.0 Å². The van der Waals surface area contributed by atoms with Crippen LogP contribution in [0, 0.1) is 0 Å². The average Bonchev–Trinajstić information content (AvgIpc) is 3.49. The number of hydrogen-bond acceptors (Lipinski definition) is 6. The third-order valence-corrected chi connectivity index (χ3v) is 5.50. The molecule has 28 heavy (non-hydrogen) atoms. The van der Waals surface area contributed by atoms with E-state index in [1.807, 2.05) is 12.1 Å². The van der Waals surface area contributed by atoms with E-state index in [1.165, 1.54) is 30.4 Å². The van der Waals surface area contributed by atoms with E-state index < -0.39 is 0 Å². The highest BCUT2D eigenvalue weighted by Gasteiger charge is 2.15. The lowest BCUT2D eigenvalue weighted by atomic mass is 10.2. The van der Waals surface area contributed by atoms with Crippen molar-refractivity contribution in [3.05, 3.63) is 65.1 Å². The van der Waals surface area contributed by atoms with Gasteiger partial charge in [-0.3, -0.25) is 9.59 Å². The first-order valence-electron chi connectivity index (χ1n) is 9.12. The van der Waals surface area contributed by atoms with Crippen LogP contribution in [0.2, 0.25) is 0 Å². The van der Waals surface area contributed by atoms with Gasteiger partial charge in [0, 0.05) is 25.8 Å². The summed E-state index contributed by atoms with van der Waals surface area (Å²) in [5, 5.41) is 6.19. The van der Waals surface area contributed by atoms with E-state index in [9.17, 15) is 9.59 Å². The van der Waals surface area contributed by atoms with Gasteiger partial charge in [-0.1, -0.05) is 6.07 Å². The van der Waals surface area contributed by atoms with Gasteiger partial charge in [-0.25, -0.2) is 4.98 Å². The topological polar surface area (TPSA) is 87.5 Å². The molecule has 2 N–H and O–H groups in total. The van der Waals surface area contributed by atoms with Gasteiger partial charge in [0.25, 0.3) is 11.8 Å². The summed E-state index contributed by atoms with van der Waals surface area (Å²) in [5.41, 5.74) is 0.944. The van der Waals surface area contributed by atoms with Crippen LogP contribution in [0.15, 0.2) is 53.3 Å². The lowest BCUT2D eigenvalue weighted by molar-refractivity contribution is 0.0953. The summed E-state index contributed by atoms with van der Waals surface area (Å²) in [7, 11) is 0. The summed E-state index contributed by atoms with van der Waals surface area (Å²) in [6.45, 7) is 2.51. The Morgan fingerprint density at radius 2 is 1.96 bits per heavy atom. The van der Waals surface area contributed by atoms with Crippen LogP contribution >= 0.6 is 11.3 Å². The second kappa shape index (κ2) is 8.26. The van der Waals surface area contributed by atoms with Gasteiger partial charge in [-0.2, -0.15) is 0 Å². The first kappa shape index (κ1) is 18.2. The van der Waals surface area contributed by atoms with Crippen molar-refractivity contribution in [3.63, 3.8) is 0 Å². The Balaban J connectivity index is 1.30. The number of anilines is 2. The molecule has 0 saturated carbocycles. The highest BCUT2D eigenvalue weighted by atomic mass is 32.1. The maximum Gasteiger partial charge on any atom is 0.291 e. The van der Waals surface area contributed by atoms with Gasteiger partial charge in [-0.15, -0.1) is 11.3 Å². The lowest BCUT2D eigenvalue weighted by Crippen LogP contribution is -2.22. The molecule has 1 aliphatic heterocycles. The standard InChI is InChI=1S/C20H20N4O3S/c25-19(15-4-3-11-27-15)23-18-8-6-16(28-18)20(26)22-13-14-5-7-17(21-12-14)24-9-1-2-10-24/h3-8,11-12H,1-2,9-10,13H2,(H,22,26)(H,23,25). The van der Waals surface area contributed by atoms with E-state index in [2.05, 4.69) is 20.5 Å². The van der Waals surface area contributed by atoms with Gasteiger partial charge in [0.1, 0.15) is 5.82 Å². The molecule has 0 aromatic carbocycles. The van der Waals surface area contributed by atoms with Crippen LogP contribution in [0.5, 0.6) is 0 Å². The number of aromatic nitrogens is 1. The van der Waals surface area contributed by atoms with Crippen molar-refractivity contribution in [2.24, 2.45) is 0 Å². The van der Waals surface area contributed by atoms with Crippen LogP contribution in [-0.4, -0.2) is 29.9 Å². The fourth-order valence-electron chi connectivity index (χ4n) is 3.03. The summed E-state index contributed by atoms with van der Waals surface area (Å²) in [6.07, 6.45) is 5.67. The summed E-state index contributed by atoms with van der Waals surface area (Å²) in [6, 6.07) is 10.6. The highest BCUT2D eigenvalue weighted by molar-refractivity contribution is 7.18. The Morgan fingerprint density at radius 3 is 2.68 bits per heavy atom. The molecule has 1 aliphatic rings. The number of carbonyl (C=O) groups is 2. The van der Waals surface area contributed by atoms with Crippen molar-refractivity contribution in [2.45, 2.75) is 19.4 Å². The Morgan fingerprint density at radius 1 is 1.11 bits per heavy atom. The maximum atomic E-state index is 12.4. The minimum atomic E-state index is -0.344. The summed E-state index contributed by atoms with van der Waals surface area (Å²) >= 11 is 1.21. The molecule has 0 bridgehead atoms. The highest BCUT2D eigenvalue weighted by Crippen LogP contribution is 2.23. The van der Waals surface area contributed by atoms with Crippen molar-refractivity contribution in [1.29, 1.82) is 0 Å². The number of nitrogens with one attached hydrogen (secondary N) is 2. The molecule has 0 atom stereocenters. The molecule has 3 aromatic rings. The minimum Gasteiger partial charge on any atom is -0.459 e. The van der Waals surface area contributed by atoms with Crippen LogP contribution in [0.3, 0.4) is 0 Å². The average molecular weight is 396 g/mol. The quantitative estimate of drug-likeness (QED) is 0.666. The Hall–Kier alpha value is -3.13. The second-order valence-corrected chi connectivity index (χ2v) is 7.58. The molecule has 2 amide bonds. The molecule has 0 spiro atoms. The van der Waals surface area contributed by atoms with E-state index in [4.69, 9.17) is 4.42 Å². The summed E-state index contributed by atoms with van der Waals surface area (Å²) in [5.74, 6) is 0.683. The van der Waals surface area contributed by atoms with E-state index in [0.717, 1.165) is 24.5 Å². The van der Waals surface area contributed by atoms with E-state index >= 15 is 0 Å². The lowest BCUT2D eigenvalue weighted by Gasteiger charge is -2.16. The van der Waals surface area contributed by atoms with Crippen LogP contribution in [0.4, 0.5) is 10.8 Å². The predicted molar refractivity (Wildman–Crippen MR) is 108 cm³/mol. The number of carbonyl (C=O) groups excluding carboxylic acids is 2. The molecule has 0 aliphatic carbocycles. The van der Waals surface area contributed by atoms with Crippen LogP contribution in [0.1, 0.15) is 38.6 Å². The number of furan rings is 1. The van der Waals surface area contributed by atoms with Gasteiger partial charge in [0.2, 0.25) is 0 Å². The number of thiophene rings is 1. The number of hydrogen-bond donors (Lipinski definition) is 2. The molecule has 7 nitrogen and oxygen atoms in total. The fourth-order valence-corrected chi connectivity index (χ4v) is 3.85. The largest absolute Gasteiger partial charge is 0.459 e. The molecular formula is C20H20N4O3S. The first-order chi connectivity index (χ1) is 13.7. The zero-order chi connectivity index (χ0) is 19.3. The van der Waals surface area contributed by atoms with Crippen molar-refractivity contribution < 1.29 is 14.0 Å². The zero-order valence-corrected chi connectivity index (χ0v) is 16.0. The van der Waals surface area contributed by atoms with Gasteiger partial charge in [-0.05, 0) is 48.7 Å². The van der Waals surface area contributed by atoms with E-state index in [0.29, 0.717) is 16.4 Å². The van der Waals surface area contributed by atoms with Crippen molar-refractivity contribution in [1.82, 2.24) is 10.3 Å². The Labute approximate surface area is 166 Å². The molecular weight excluding hydrogens is 376 g/mol. The van der Waals surface area contributed by atoms with Crippen molar-refractivity contribution in [3.8, 4) is 0 Å². The Kier molecular flexibility index (Phi) is 5.38. The van der Waals surface area contributed by atoms with Gasteiger partial charge in [0.05, 0.1) is 16.1 Å². The smallest absolute Gasteiger partial charge is 0.291 e. The van der Waals surface area contributed by atoms with Gasteiger partial charge in [0.15, 0.2) is 5.76 Å². The second-order valence-electron chi connectivity index (χ2n) is 6.50. The SMILES string of the molecule is O=C(Nc1ccc(C(=O)NCc2ccc(N3CCCC3)nc2)s1)c1ccco1. The predicted octanol–water partition coefficient (Wildman–Crippen LogP) is 3.52. The van der Waals surface area contributed by atoms with Crippen LogP contribution in [-0.2, 0) is 6.54 Å². The number of rotatable bonds is 6. The van der Waals surface area contributed by atoms with Crippen LogP contribution < -0.4 is 15.5 Å². The third-order valence-electron chi connectivity index (χ3n) is 4.50. The number of amides is 2. The molecule has 0 unspecified atom stereocenters. The summed E-state index contributed by atoms with van der Waals surface area (Å²) < 4.78 is 5.05. The van der Waals surface area contributed by atoms with E-state index in [-0.39, 0.29) is 17.6 Å². The molecule has 8 heteroatoms. The summed E-state index contributed by atoms with van der Waals surface area (Å²) in [4.78, 5) is 31.6. The monoisotopic (exact) mass is 396 g/mol. The molecule has 4 rings (SSSR count). The van der Waals surface area contributed by atoms with Crippen molar-refractivity contribution in [2.75, 3.05) is 23.3 Å². The molecule has 4 heterocycles. The molecule has 3 aromatic heterocycles. The fraction of sp³-hybridized carbons (Fsp3) is 0.250. The first-order valence-corrected chi connectivity index (χ1v) is 9.93. The molecule has 1 fully saturated rings. The van der Waals surface area contributed by atoms with E-state index in [1.54, 1.807) is 30.5 Å².